The van der Waals surface area contributed by atoms with Crippen LogP contribution in [0, 0.1) is 6.92 Å². The van der Waals surface area contributed by atoms with Crippen molar-refractivity contribution in [2.45, 2.75) is 46.1 Å². The summed E-state index contributed by atoms with van der Waals surface area (Å²) in [5.41, 5.74) is 2.86. The van der Waals surface area contributed by atoms with E-state index >= 15 is 0 Å². The van der Waals surface area contributed by atoms with Gasteiger partial charge in [-0.05, 0) is 37.8 Å². The van der Waals surface area contributed by atoms with Crippen LogP contribution in [0.3, 0.4) is 0 Å². The monoisotopic (exact) mass is 436 g/mol. The van der Waals surface area contributed by atoms with E-state index in [1.165, 1.54) is 14.8 Å². The summed E-state index contributed by atoms with van der Waals surface area (Å²) in [6.45, 7) is 5.57. The Hall–Kier alpha value is -3.49. The number of hydrogen-bond donors (Lipinski definition) is 1. The number of fused-ring (bicyclic) bond motifs is 1. The quantitative estimate of drug-likeness (QED) is 0.540. The minimum atomic E-state index is -0.364. The molecule has 1 aliphatic heterocycles. The molecule has 1 aromatic carbocycles. The Morgan fingerprint density at radius 1 is 1.16 bits per heavy atom. The van der Waals surface area contributed by atoms with Gasteiger partial charge in [0.15, 0.2) is 0 Å². The lowest BCUT2D eigenvalue weighted by atomic mass is 10.1. The van der Waals surface area contributed by atoms with Crippen molar-refractivity contribution < 1.29 is 9.59 Å². The summed E-state index contributed by atoms with van der Waals surface area (Å²) in [7, 11) is 0. The number of aromatic nitrogens is 4. The molecule has 0 radical (unpaired) electrons. The van der Waals surface area contributed by atoms with Crippen LogP contribution >= 0.6 is 0 Å². The fourth-order valence-electron chi connectivity index (χ4n) is 3.96. The standard InChI is InChI=1S/C23H28N6O3/c1-3-17-7-9-18(10-8-17)19-14-20-23(32)28(25-16(2)29(20)26-19)15-21(30)24-11-5-13-27-12-4-6-22(27)31/h7-10,14H,3-6,11-13,15H2,1-2H3,(H,24,30). The molecule has 168 valence electrons. The highest BCUT2D eigenvalue weighted by atomic mass is 16.2. The molecule has 0 bridgehead atoms. The van der Waals surface area contributed by atoms with Gasteiger partial charge < -0.3 is 10.2 Å². The fraction of sp³-hybridized carbons (Fsp3) is 0.435. The maximum atomic E-state index is 12.9. The number of nitrogens with one attached hydrogen (secondary N) is 1. The summed E-state index contributed by atoms with van der Waals surface area (Å²) in [6.07, 6.45) is 3.16. The molecular weight excluding hydrogens is 408 g/mol. The Labute approximate surface area is 186 Å². The van der Waals surface area contributed by atoms with Crippen molar-refractivity contribution in [1.82, 2.24) is 29.6 Å². The highest BCUT2D eigenvalue weighted by Crippen LogP contribution is 2.19. The van der Waals surface area contributed by atoms with Crippen LogP contribution in [0.2, 0.25) is 0 Å². The molecule has 1 aliphatic rings. The molecule has 3 aromatic rings. The second-order valence-corrected chi connectivity index (χ2v) is 8.07. The normalized spacial score (nSPS) is 13.8. The number of aryl methyl sites for hydroxylation is 2. The molecule has 0 saturated carbocycles. The molecule has 0 aliphatic carbocycles. The number of benzene rings is 1. The number of carbonyl (C=O) groups is 2. The predicted octanol–water partition coefficient (Wildman–Crippen LogP) is 1.56. The molecule has 9 heteroatoms. The summed E-state index contributed by atoms with van der Waals surface area (Å²) in [4.78, 5) is 38.7. The number of likely N-dealkylation sites (tertiary alicyclic amines) is 1. The van der Waals surface area contributed by atoms with Crippen LogP contribution < -0.4 is 10.9 Å². The summed E-state index contributed by atoms with van der Waals surface area (Å²) in [5, 5.41) is 11.6. The van der Waals surface area contributed by atoms with Crippen LogP contribution in [0.5, 0.6) is 0 Å². The van der Waals surface area contributed by atoms with Crippen molar-refractivity contribution >= 4 is 17.3 Å². The second kappa shape index (κ2) is 9.33. The molecule has 0 atom stereocenters. The highest BCUT2D eigenvalue weighted by Gasteiger charge is 2.19. The lowest BCUT2D eigenvalue weighted by Gasteiger charge is -2.15. The van der Waals surface area contributed by atoms with Gasteiger partial charge in [-0.2, -0.15) is 10.2 Å². The molecule has 9 nitrogen and oxygen atoms in total. The van der Waals surface area contributed by atoms with E-state index in [-0.39, 0.29) is 23.9 Å². The smallest absolute Gasteiger partial charge is 0.293 e. The summed E-state index contributed by atoms with van der Waals surface area (Å²) in [6, 6.07) is 9.81. The van der Waals surface area contributed by atoms with Gasteiger partial charge in [-0.3, -0.25) is 14.4 Å². The largest absolute Gasteiger partial charge is 0.354 e. The van der Waals surface area contributed by atoms with Crippen molar-refractivity contribution in [2.24, 2.45) is 0 Å². The van der Waals surface area contributed by atoms with E-state index in [4.69, 9.17) is 0 Å². The Kier molecular flexibility index (Phi) is 6.34. The van der Waals surface area contributed by atoms with Gasteiger partial charge in [-0.1, -0.05) is 31.2 Å². The molecule has 1 saturated heterocycles. The average molecular weight is 437 g/mol. The van der Waals surface area contributed by atoms with Crippen LogP contribution in [0.1, 0.15) is 37.6 Å². The van der Waals surface area contributed by atoms with E-state index in [9.17, 15) is 14.4 Å². The first-order chi connectivity index (χ1) is 15.5. The van der Waals surface area contributed by atoms with Gasteiger partial charge in [0, 0.05) is 31.6 Å². The summed E-state index contributed by atoms with van der Waals surface area (Å²) in [5.74, 6) is 0.416. The van der Waals surface area contributed by atoms with Crippen molar-refractivity contribution in [1.29, 1.82) is 0 Å². The van der Waals surface area contributed by atoms with Crippen LogP contribution in [-0.2, 0) is 22.6 Å². The SMILES string of the molecule is CCc1ccc(-c2cc3c(=O)n(CC(=O)NCCCN4CCCC4=O)nc(C)n3n2)cc1. The molecule has 1 fully saturated rings. The third-order valence-electron chi connectivity index (χ3n) is 5.78. The molecule has 1 N–H and O–H groups in total. The van der Waals surface area contributed by atoms with E-state index in [2.05, 4.69) is 22.4 Å². The number of rotatable bonds is 8. The minimum absolute atomic E-state index is 0.162. The molecule has 2 aromatic heterocycles. The zero-order valence-electron chi connectivity index (χ0n) is 18.5. The van der Waals surface area contributed by atoms with E-state index in [0.29, 0.717) is 43.0 Å². The van der Waals surface area contributed by atoms with Gasteiger partial charge in [0.25, 0.3) is 5.56 Å². The van der Waals surface area contributed by atoms with Crippen LogP contribution in [-0.4, -0.2) is 55.7 Å². The van der Waals surface area contributed by atoms with Gasteiger partial charge in [-0.25, -0.2) is 9.20 Å². The van der Waals surface area contributed by atoms with Crippen LogP contribution in [0.25, 0.3) is 16.8 Å². The average Bonchev–Trinajstić information content (AvgIpc) is 3.42. The Balaban J connectivity index is 1.43. The van der Waals surface area contributed by atoms with Gasteiger partial charge in [0.05, 0.1) is 5.69 Å². The van der Waals surface area contributed by atoms with Gasteiger partial charge in [-0.15, -0.1) is 0 Å². The third-order valence-corrected chi connectivity index (χ3v) is 5.78. The van der Waals surface area contributed by atoms with E-state index in [1.807, 2.05) is 29.2 Å². The topological polar surface area (TPSA) is 102 Å². The number of nitrogens with zero attached hydrogens (tertiary/aromatic N) is 5. The van der Waals surface area contributed by atoms with Gasteiger partial charge >= 0.3 is 0 Å². The van der Waals surface area contributed by atoms with Gasteiger partial charge in [0.2, 0.25) is 11.8 Å². The Morgan fingerprint density at radius 3 is 2.62 bits per heavy atom. The zero-order valence-corrected chi connectivity index (χ0v) is 18.5. The first kappa shape index (κ1) is 21.7. The molecule has 0 unspecified atom stereocenters. The lowest BCUT2D eigenvalue weighted by molar-refractivity contribution is -0.127. The van der Waals surface area contributed by atoms with E-state index in [0.717, 1.165) is 24.9 Å². The first-order valence-corrected chi connectivity index (χ1v) is 11.1. The lowest BCUT2D eigenvalue weighted by Crippen LogP contribution is -2.36. The highest BCUT2D eigenvalue weighted by molar-refractivity contribution is 5.78. The first-order valence-electron chi connectivity index (χ1n) is 11.1. The van der Waals surface area contributed by atoms with Crippen LogP contribution in [0.4, 0.5) is 0 Å². The number of carbonyl (C=O) groups excluding carboxylic acids is 2. The van der Waals surface area contributed by atoms with E-state index < -0.39 is 0 Å². The molecular formula is C23H28N6O3. The maximum Gasteiger partial charge on any atom is 0.293 e. The summed E-state index contributed by atoms with van der Waals surface area (Å²) >= 11 is 0. The Morgan fingerprint density at radius 2 is 1.94 bits per heavy atom. The fourth-order valence-corrected chi connectivity index (χ4v) is 3.96. The van der Waals surface area contributed by atoms with Crippen molar-refractivity contribution in [3.63, 3.8) is 0 Å². The summed E-state index contributed by atoms with van der Waals surface area (Å²) < 4.78 is 2.70. The van der Waals surface area contributed by atoms with Crippen molar-refractivity contribution in [2.75, 3.05) is 19.6 Å². The minimum Gasteiger partial charge on any atom is -0.354 e. The zero-order chi connectivity index (χ0) is 22.7. The van der Waals surface area contributed by atoms with Crippen molar-refractivity contribution in [3.05, 3.63) is 52.1 Å². The van der Waals surface area contributed by atoms with E-state index in [1.54, 1.807) is 13.0 Å². The molecule has 3 heterocycles. The van der Waals surface area contributed by atoms with Crippen LogP contribution in [0.15, 0.2) is 35.1 Å². The molecule has 2 amide bonds. The van der Waals surface area contributed by atoms with Crippen molar-refractivity contribution in [3.8, 4) is 11.3 Å². The molecule has 32 heavy (non-hydrogen) atoms. The molecule has 0 spiro atoms. The molecule has 4 rings (SSSR count). The number of hydrogen-bond acceptors (Lipinski definition) is 5. The van der Waals surface area contributed by atoms with Gasteiger partial charge in [0.1, 0.15) is 17.9 Å². The predicted molar refractivity (Wildman–Crippen MR) is 120 cm³/mol. The number of amides is 2. The maximum absolute atomic E-state index is 12.9. The second-order valence-electron chi connectivity index (χ2n) is 8.07. The third kappa shape index (κ3) is 4.56. The Bertz CT molecular complexity index is 1190.